The van der Waals surface area contributed by atoms with Gasteiger partial charge in [-0.25, -0.2) is 4.98 Å². The Morgan fingerprint density at radius 1 is 1.24 bits per heavy atom. The van der Waals surface area contributed by atoms with Crippen LogP contribution in [0.5, 0.6) is 5.75 Å². The maximum Gasteiger partial charge on any atom is 0.132 e. The first-order valence-corrected chi connectivity index (χ1v) is 7.41. The standard InChI is InChI=1S/C17H25N3O/c1-6-9-14-19-15(16(18)20(14)17(2,3)4)12-10-7-8-11-13(12)21-5/h7-8,10-11H,6,9,18H2,1-5H3. The minimum atomic E-state index is -0.0954. The van der Waals surface area contributed by atoms with Gasteiger partial charge in [0.2, 0.25) is 0 Å². The number of nitrogens with zero attached hydrogens (tertiary/aromatic N) is 2. The summed E-state index contributed by atoms with van der Waals surface area (Å²) in [6, 6.07) is 7.86. The van der Waals surface area contributed by atoms with Gasteiger partial charge in [-0.05, 0) is 39.3 Å². The number of imidazole rings is 1. The van der Waals surface area contributed by atoms with Gasteiger partial charge in [0.15, 0.2) is 0 Å². The fraction of sp³-hybridized carbons (Fsp3) is 0.471. The number of ether oxygens (including phenoxy) is 1. The molecule has 1 aromatic heterocycles. The van der Waals surface area contributed by atoms with Crippen LogP contribution in [0.3, 0.4) is 0 Å². The fourth-order valence-electron chi connectivity index (χ4n) is 2.66. The van der Waals surface area contributed by atoms with Crippen LogP contribution in [-0.2, 0) is 12.0 Å². The molecule has 0 amide bonds. The van der Waals surface area contributed by atoms with Crippen LogP contribution in [0.1, 0.15) is 39.9 Å². The lowest BCUT2D eigenvalue weighted by atomic mass is 10.1. The molecule has 0 saturated heterocycles. The number of nitrogen functional groups attached to an aromatic ring is 1. The second kappa shape index (κ2) is 5.80. The van der Waals surface area contributed by atoms with Crippen molar-refractivity contribution in [1.29, 1.82) is 0 Å². The molecular weight excluding hydrogens is 262 g/mol. The SMILES string of the molecule is CCCc1nc(-c2ccccc2OC)c(N)n1C(C)(C)C. The topological polar surface area (TPSA) is 53.1 Å². The van der Waals surface area contributed by atoms with Crippen LogP contribution < -0.4 is 10.5 Å². The molecule has 0 saturated carbocycles. The molecule has 0 aliphatic heterocycles. The van der Waals surface area contributed by atoms with Crippen LogP contribution in [0.25, 0.3) is 11.3 Å². The van der Waals surface area contributed by atoms with Gasteiger partial charge < -0.3 is 15.0 Å². The Labute approximate surface area is 127 Å². The highest BCUT2D eigenvalue weighted by Crippen LogP contribution is 2.36. The van der Waals surface area contributed by atoms with Crippen molar-refractivity contribution >= 4 is 5.82 Å². The van der Waals surface area contributed by atoms with E-state index in [0.29, 0.717) is 5.82 Å². The van der Waals surface area contributed by atoms with Crippen LogP contribution in [-0.4, -0.2) is 16.7 Å². The molecule has 0 atom stereocenters. The molecule has 2 N–H and O–H groups in total. The van der Waals surface area contributed by atoms with Crippen molar-refractivity contribution in [2.75, 3.05) is 12.8 Å². The van der Waals surface area contributed by atoms with Crippen LogP contribution in [0.15, 0.2) is 24.3 Å². The predicted octanol–water partition coefficient (Wildman–Crippen LogP) is 3.85. The van der Waals surface area contributed by atoms with Gasteiger partial charge in [-0.3, -0.25) is 0 Å². The van der Waals surface area contributed by atoms with E-state index >= 15 is 0 Å². The van der Waals surface area contributed by atoms with Crippen molar-refractivity contribution in [3.05, 3.63) is 30.1 Å². The Bertz CT molecular complexity index is 623. The molecule has 0 fully saturated rings. The van der Waals surface area contributed by atoms with E-state index in [4.69, 9.17) is 15.5 Å². The van der Waals surface area contributed by atoms with Gasteiger partial charge in [-0.15, -0.1) is 0 Å². The first kappa shape index (κ1) is 15.4. The highest BCUT2D eigenvalue weighted by Gasteiger charge is 2.25. The number of aryl methyl sites for hydroxylation is 1. The largest absolute Gasteiger partial charge is 0.496 e. The minimum Gasteiger partial charge on any atom is -0.496 e. The molecule has 2 aromatic rings. The van der Waals surface area contributed by atoms with Gasteiger partial charge in [0, 0.05) is 17.5 Å². The van der Waals surface area contributed by atoms with E-state index in [1.54, 1.807) is 7.11 Å². The summed E-state index contributed by atoms with van der Waals surface area (Å²) in [4.78, 5) is 4.80. The number of rotatable bonds is 4. The van der Waals surface area contributed by atoms with E-state index < -0.39 is 0 Å². The monoisotopic (exact) mass is 287 g/mol. The summed E-state index contributed by atoms with van der Waals surface area (Å²) in [5.74, 6) is 2.53. The van der Waals surface area contributed by atoms with Crippen molar-refractivity contribution < 1.29 is 4.74 Å². The van der Waals surface area contributed by atoms with Gasteiger partial charge in [-0.1, -0.05) is 19.1 Å². The normalized spacial score (nSPS) is 11.7. The molecule has 0 bridgehead atoms. The zero-order valence-corrected chi connectivity index (χ0v) is 13.6. The third-order valence-electron chi connectivity index (χ3n) is 3.49. The molecule has 0 unspecified atom stereocenters. The lowest BCUT2D eigenvalue weighted by Gasteiger charge is -2.25. The van der Waals surface area contributed by atoms with Crippen LogP contribution in [0.2, 0.25) is 0 Å². The van der Waals surface area contributed by atoms with E-state index in [1.807, 2.05) is 24.3 Å². The number of hydrogen-bond donors (Lipinski definition) is 1. The van der Waals surface area contributed by atoms with Crippen LogP contribution in [0, 0.1) is 0 Å². The average molecular weight is 287 g/mol. The highest BCUT2D eigenvalue weighted by atomic mass is 16.5. The third-order valence-corrected chi connectivity index (χ3v) is 3.49. The van der Waals surface area contributed by atoms with Gasteiger partial charge >= 0.3 is 0 Å². The number of nitrogens with two attached hydrogens (primary N) is 1. The summed E-state index contributed by atoms with van der Waals surface area (Å²) in [7, 11) is 1.67. The molecule has 1 aromatic carbocycles. The van der Waals surface area contributed by atoms with Crippen molar-refractivity contribution in [2.24, 2.45) is 0 Å². The number of aromatic nitrogens is 2. The van der Waals surface area contributed by atoms with E-state index in [2.05, 4.69) is 32.3 Å². The van der Waals surface area contributed by atoms with Gasteiger partial charge in [0.1, 0.15) is 23.1 Å². The molecule has 0 radical (unpaired) electrons. The quantitative estimate of drug-likeness (QED) is 0.929. The first-order chi connectivity index (χ1) is 9.90. The number of anilines is 1. The zero-order chi connectivity index (χ0) is 15.6. The van der Waals surface area contributed by atoms with E-state index in [0.717, 1.165) is 35.7 Å². The van der Waals surface area contributed by atoms with Crippen molar-refractivity contribution in [1.82, 2.24) is 9.55 Å². The minimum absolute atomic E-state index is 0.0954. The molecule has 0 aliphatic rings. The zero-order valence-electron chi connectivity index (χ0n) is 13.6. The number of para-hydroxylation sites is 1. The van der Waals surface area contributed by atoms with Crippen molar-refractivity contribution in [2.45, 2.75) is 46.1 Å². The highest BCUT2D eigenvalue weighted by molar-refractivity contribution is 5.76. The molecule has 0 aliphatic carbocycles. The molecule has 4 heteroatoms. The fourth-order valence-corrected chi connectivity index (χ4v) is 2.66. The Balaban J connectivity index is 2.66. The lowest BCUT2D eigenvalue weighted by Crippen LogP contribution is -2.25. The Hall–Kier alpha value is -1.97. The number of hydrogen-bond acceptors (Lipinski definition) is 3. The molecular formula is C17H25N3O. The van der Waals surface area contributed by atoms with Crippen LogP contribution in [0.4, 0.5) is 5.82 Å². The summed E-state index contributed by atoms with van der Waals surface area (Å²) in [5, 5.41) is 0. The summed E-state index contributed by atoms with van der Waals surface area (Å²) >= 11 is 0. The summed E-state index contributed by atoms with van der Waals surface area (Å²) in [5.41, 5.74) is 8.08. The van der Waals surface area contributed by atoms with Gasteiger partial charge in [0.05, 0.1) is 7.11 Å². The smallest absolute Gasteiger partial charge is 0.132 e. The molecule has 1 heterocycles. The number of methoxy groups -OCH3 is 1. The van der Waals surface area contributed by atoms with Crippen molar-refractivity contribution in [3.63, 3.8) is 0 Å². The second-order valence-electron chi connectivity index (χ2n) is 6.22. The predicted molar refractivity (Wildman–Crippen MR) is 87.6 cm³/mol. The molecule has 4 nitrogen and oxygen atoms in total. The summed E-state index contributed by atoms with van der Waals surface area (Å²) < 4.78 is 7.58. The Morgan fingerprint density at radius 2 is 1.90 bits per heavy atom. The molecule has 0 spiro atoms. The maximum atomic E-state index is 6.42. The number of benzene rings is 1. The maximum absolute atomic E-state index is 6.42. The first-order valence-electron chi connectivity index (χ1n) is 7.41. The van der Waals surface area contributed by atoms with E-state index in [-0.39, 0.29) is 5.54 Å². The Morgan fingerprint density at radius 3 is 2.48 bits per heavy atom. The van der Waals surface area contributed by atoms with Gasteiger partial charge in [0.25, 0.3) is 0 Å². The lowest BCUT2D eigenvalue weighted by molar-refractivity contribution is 0.387. The third kappa shape index (κ3) is 2.89. The molecule has 114 valence electrons. The van der Waals surface area contributed by atoms with Crippen molar-refractivity contribution in [3.8, 4) is 17.0 Å². The molecule has 2 rings (SSSR count). The van der Waals surface area contributed by atoms with E-state index in [9.17, 15) is 0 Å². The summed E-state index contributed by atoms with van der Waals surface area (Å²) in [6.07, 6.45) is 1.95. The Kier molecular flexibility index (Phi) is 4.26. The van der Waals surface area contributed by atoms with E-state index in [1.165, 1.54) is 0 Å². The van der Waals surface area contributed by atoms with Crippen LogP contribution >= 0.6 is 0 Å². The summed E-state index contributed by atoms with van der Waals surface area (Å²) in [6.45, 7) is 8.60. The average Bonchev–Trinajstić information content (AvgIpc) is 2.75. The van der Waals surface area contributed by atoms with Gasteiger partial charge in [-0.2, -0.15) is 0 Å². The second-order valence-corrected chi connectivity index (χ2v) is 6.22. The molecule has 21 heavy (non-hydrogen) atoms.